The van der Waals surface area contributed by atoms with Crippen LogP contribution in [-0.2, 0) is 10.0 Å². The van der Waals surface area contributed by atoms with Crippen LogP contribution in [0, 0.1) is 0 Å². The van der Waals surface area contributed by atoms with E-state index in [2.05, 4.69) is 37.4 Å². The number of aliphatic imine (C=N–C) groups is 2. The molecule has 0 saturated heterocycles. The molecule has 172 valence electrons. The molecule has 1 unspecified atom stereocenters. The van der Waals surface area contributed by atoms with Gasteiger partial charge in [0.05, 0.1) is 11.7 Å². The molecule has 9 nitrogen and oxygen atoms in total. The molecule has 2 aliphatic heterocycles. The second-order valence-corrected chi connectivity index (χ2v) is 9.37. The molecule has 0 saturated carbocycles. The second-order valence-electron chi connectivity index (χ2n) is 7.68. The van der Waals surface area contributed by atoms with Gasteiger partial charge in [0.15, 0.2) is 11.7 Å². The first-order valence-electron chi connectivity index (χ1n) is 10.5. The van der Waals surface area contributed by atoms with Gasteiger partial charge in [-0.25, -0.2) is 18.9 Å². The molecule has 0 spiro atoms. The zero-order chi connectivity index (χ0) is 23.3. The van der Waals surface area contributed by atoms with Crippen LogP contribution in [0.4, 0.5) is 0 Å². The van der Waals surface area contributed by atoms with Crippen LogP contribution < -0.4 is 20.8 Å². The van der Waals surface area contributed by atoms with E-state index in [1.54, 1.807) is 19.1 Å². The molecule has 3 aliphatic rings. The van der Waals surface area contributed by atoms with Crippen molar-refractivity contribution < 1.29 is 13.6 Å². The van der Waals surface area contributed by atoms with E-state index >= 15 is 0 Å². The van der Waals surface area contributed by atoms with Gasteiger partial charge in [0.25, 0.3) is 10.0 Å². The van der Waals surface area contributed by atoms with Gasteiger partial charge in [-0.3, -0.25) is 9.71 Å². The number of amidine groups is 2. The maximum atomic E-state index is 13.2. The molecule has 0 radical (unpaired) electrons. The lowest BCUT2D eigenvalue weighted by atomic mass is 10.0. The Morgan fingerprint density at radius 1 is 1.47 bits per heavy atom. The highest BCUT2D eigenvalue weighted by Crippen LogP contribution is 2.22. The third-order valence-corrected chi connectivity index (χ3v) is 6.74. The standard InChI is InChI=1S/C22H30N6O3S/c1-5-16-11-17(13-23-15(16)4)32(30,31)28-22-21(25-18(6-2)14(3)12-24-29)26-19-9-7-8-10-20(19)27-22/h6-9,11,13,15,20,23-24,29H,2,5,10,12H2,1,3-4H3,(H,25,26)(H,27,28)/b18-14-/t15-,20?/m1/s1. The highest BCUT2D eigenvalue weighted by atomic mass is 32.2. The number of sulfonamides is 1. The molecular formula is C22H30N6O3S. The Bertz CT molecular complexity index is 1090. The van der Waals surface area contributed by atoms with Gasteiger partial charge in [-0.05, 0) is 56.1 Å². The van der Waals surface area contributed by atoms with Crippen molar-refractivity contribution >= 4 is 21.7 Å². The lowest BCUT2D eigenvalue weighted by Crippen LogP contribution is -2.49. The van der Waals surface area contributed by atoms with E-state index in [9.17, 15) is 8.42 Å². The van der Waals surface area contributed by atoms with E-state index in [0.29, 0.717) is 12.1 Å². The average Bonchev–Trinajstić information content (AvgIpc) is 2.77. The van der Waals surface area contributed by atoms with Gasteiger partial charge >= 0.3 is 0 Å². The molecule has 0 amide bonds. The first-order valence-corrected chi connectivity index (χ1v) is 12.0. The fraction of sp³-hybridized carbons (Fsp3) is 0.364. The molecule has 0 aromatic rings. The van der Waals surface area contributed by atoms with Crippen LogP contribution in [-0.4, -0.2) is 43.9 Å². The Kier molecular flexibility index (Phi) is 7.49. The molecule has 0 aromatic heterocycles. The number of dihydropyridines is 1. The van der Waals surface area contributed by atoms with Crippen molar-refractivity contribution in [2.45, 2.75) is 45.7 Å². The van der Waals surface area contributed by atoms with Crippen molar-refractivity contribution in [1.29, 1.82) is 0 Å². The molecular weight excluding hydrogens is 428 g/mol. The Hall–Kier alpha value is -2.95. The molecule has 0 aromatic carbocycles. The van der Waals surface area contributed by atoms with Crippen LogP contribution in [0.15, 0.2) is 80.6 Å². The van der Waals surface area contributed by atoms with Crippen molar-refractivity contribution in [2.24, 2.45) is 9.98 Å². The van der Waals surface area contributed by atoms with E-state index in [4.69, 9.17) is 5.21 Å². The summed E-state index contributed by atoms with van der Waals surface area (Å²) >= 11 is 0. The van der Waals surface area contributed by atoms with E-state index in [1.807, 2.05) is 32.1 Å². The second kappa shape index (κ2) is 10.1. The molecule has 2 atom stereocenters. The van der Waals surface area contributed by atoms with Crippen molar-refractivity contribution in [3.63, 3.8) is 0 Å². The number of hydrogen-bond acceptors (Lipinski definition) is 7. The highest BCUT2D eigenvalue weighted by Gasteiger charge is 2.30. The normalized spacial score (nSPS) is 24.7. The van der Waals surface area contributed by atoms with Crippen LogP contribution in [0.25, 0.3) is 0 Å². The molecule has 5 N–H and O–H groups in total. The molecule has 0 fully saturated rings. The number of hydrogen-bond donors (Lipinski definition) is 5. The minimum atomic E-state index is -3.90. The molecule has 1 aliphatic carbocycles. The van der Waals surface area contributed by atoms with Gasteiger partial charge in [-0.1, -0.05) is 25.7 Å². The van der Waals surface area contributed by atoms with Crippen LogP contribution in [0.2, 0.25) is 0 Å². The number of nitrogens with zero attached hydrogens (tertiary/aromatic N) is 2. The Morgan fingerprint density at radius 2 is 2.25 bits per heavy atom. The molecule has 10 heteroatoms. The summed E-state index contributed by atoms with van der Waals surface area (Å²) in [5.41, 5.74) is 5.14. The number of fused-ring (bicyclic) bond motifs is 1. The fourth-order valence-corrected chi connectivity index (χ4v) is 4.54. The lowest BCUT2D eigenvalue weighted by Gasteiger charge is -2.28. The van der Waals surface area contributed by atoms with Gasteiger partial charge in [-0.15, -0.1) is 0 Å². The Morgan fingerprint density at radius 3 is 2.94 bits per heavy atom. The molecule has 2 heterocycles. The van der Waals surface area contributed by atoms with Gasteiger partial charge in [0.1, 0.15) is 4.91 Å². The smallest absolute Gasteiger partial charge is 0.264 e. The summed E-state index contributed by atoms with van der Waals surface area (Å²) in [6, 6.07) is -0.150. The zero-order valence-corrected chi connectivity index (χ0v) is 19.3. The van der Waals surface area contributed by atoms with E-state index < -0.39 is 10.0 Å². The van der Waals surface area contributed by atoms with Crippen LogP contribution in [0.5, 0.6) is 0 Å². The van der Waals surface area contributed by atoms with Gasteiger partial charge < -0.3 is 15.8 Å². The Balaban J connectivity index is 2.00. The van der Waals surface area contributed by atoms with Crippen molar-refractivity contribution in [1.82, 2.24) is 20.8 Å². The Labute approximate surface area is 189 Å². The summed E-state index contributed by atoms with van der Waals surface area (Å²) < 4.78 is 29.0. The number of rotatable bonds is 7. The lowest BCUT2D eigenvalue weighted by molar-refractivity contribution is 0.177. The molecule has 0 bridgehead atoms. The number of hydroxylamine groups is 1. The molecule has 3 rings (SSSR count). The maximum absolute atomic E-state index is 13.2. The van der Waals surface area contributed by atoms with Crippen LogP contribution >= 0.6 is 0 Å². The van der Waals surface area contributed by atoms with E-state index in [1.165, 1.54) is 6.20 Å². The molecule has 32 heavy (non-hydrogen) atoms. The van der Waals surface area contributed by atoms with Gasteiger partial charge in [0, 0.05) is 24.5 Å². The first-order chi connectivity index (χ1) is 15.3. The average molecular weight is 459 g/mol. The maximum Gasteiger partial charge on any atom is 0.264 e. The van der Waals surface area contributed by atoms with Crippen molar-refractivity contribution in [3.05, 3.63) is 70.6 Å². The third-order valence-electron chi connectivity index (χ3n) is 5.42. The SMILES string of the molecule is C=C/C(N=C1NC2=CC=CCC2N=C1NS(=O)(=O)C1=CN[C@H](C)C(CC)=C1)=C(\C)CNO. The summed E-state index contributed by atoms with van der Waals surface area (Å²) in [7, 11) is -3.90. The minimum absolute atomic E-state index is 0.0786. The van der Waals surface area contributed by atoms with Gasteiger partial charge in [0.2, 0.25) is 0 Å². The summed E-state index contributed by atoms with van der Waals surface area (Å²) in [5.74, 6) is 0.383. The summed E-state index contributed by atoms with van der Waals surface area (Å²) in [4.78, 5) is 9.33. The predicted octanol–water partition coefficient (Wildman–Crippen LogP) is 2.13. The largest absolute Gasteiger partial charge is 0.384 e. The predicted molar refractivity (Wildman–Crippen MR) is 127 cm³/mol. The summed E-state index contributed by atoms with van der Waals surface area (Å²) in [5, 5.41) is 15.3. The van der Waals surface area contributed by atoms with Crippen molar-refractivity contribution in [2.75, 3.05) is 6.54 Å². The van der Waals surface area contributed by atoms with Crippen LogP contribution in [0.3, 0.4) is 0 Å². The van der Waals surface area contributed by atoms with Crippen LogP contribution in [0.1, 0.15) is 33.6 Å². The van der Waals surface area contributed by atoms with E-state index in [0.717, 1.165) is 23.3 Å². The monoisotopic (exact) mass is 458 g/mol. The number of nitrogens with one attached hydrogen (secondary N) is 4. The third kappa shape index (κ3) is 5.26. The summed E-state index contributed by atoms with van der Waals surface area (Å²) in [6.07, 6.45) is 11.9. The van der Waals surface area contributed by atoms with Crippen molar-refractivity contribution in [3.8, 4) is 0 Å². The quantitative estimate of drug-likeness (QED) is 0.294. The fourth-order valence-electron chi connectivity index (χ4n) is 3.49. The summed E-state index contributed by atoms with van der Waals surface area (Å²) in [6.45, 7) is 9.73. The zero-order valence-electron chi connectivity index (χ0n) is 18.5. The first kappa shape index (κ1) is 23.7. The number of allylic oxidation sites excluding steroid dienone is 4. The minimum Gasteiger partial charge on any atom is -0.384 e. The highest BCUT2D eigenvalue weighted by molar-refractivity contribution is 7.94. The topological polar surface area (TPSA) is 127 Å². The van der Waals surface area contributed by atoms with Gasteiger partial charge in [-0.2, -0.15) is 0 Å². The van der Waals surface area contributed by atoms with E-state index in [-0.39, 0.29) is 35.2 Å².